The van der Waals surface area contributed by atoms with E-state index in [1.54, 1.807) is 30.3 Å². The first kappa shape index (κ1) is 20.0. The Hall–Kier alpha value is -3.33. The summed E-state index contributed by atoms with van der Waals surface area (Å²) in [6.07, 6.45) is -3.43. The van der Waals surface area contributed by atoms with Crippen LogP contribution in [0.1, 0.15) is 32.0 Å². The first-order chi connectivity index (χ1) is 14.3. The first-order valence-corrected chi connectivity index (χ1v) is 9.65. The SMILES string of the molecule is O=C(NCc1ccc(C(F)(F)F)nc1)c1ccc2c(c1)NC(=O)c1ccccc1S2. The maximum atomic E-state index is 12.6. The molecular weight excluding hydrogens is 415 g/mol. The van der Waals surface area contributed by atoms with E-state index in [0.29, 0.717) is 22.4 Å². The molecule has 152 valence electrons. The molecule has 2 amide bonds. The molecule has 5 nitrogen and oxygen atoms in total. The van der Waals surface area contributed by atoms with Gasteiger partial charge in [0, 0.05) is 28.1 Å². The molecule has 0 unspecified atom stereocenters. The van der Waals surface area contributed by atoms with E-state index in [-0.39, 0.29) is 12.5 Å². The predicted octanol–water partition coefficient (Wildman–Crippen LogP) is 4.75. The van der Waals surface area contributed by atoms with Gasteiger partial charge < -0.3 is 10.6 Å². The van der Waals surface area contributed by atoms with Gasteiger partial charge in [0.2, 0.25) is 0 Å². The lowest BCUT2D eigenvalue weighted by Crippen LogP contribution is -2.23. The number of alkyl halides is 3. The zero-order valence-electron chi connectivity index (χ0n) is 15.3. The van der Waals surface area contributed by atoms with Crippen LogP contribution < -0.4 is 10.6 Å². The molecule has 2 aromatic carbocycles. The Balaban J connectivity index is 1.47. The van der Waals surface area contributed by atoms with Crippen LogP contribution in [0.25, 0.3) is 0 Å². The Morgan fingerprint density at radius 1 is 1.07 bits per heavy atom. The van der Waals surface area contributed by atoms with Gasteiger partial charge in [-0.15, -0.1) is 0 Å². The number of aromatic nitrogens is 1. The van der Waals surface area contributed by atoms with E-state index in [4.69, 9.17) is 0 Å². The summed E-state index contributed by atoms with van der Waals surface area (Å²) >= 11 is 1.43. The van der Waals surface area contributed by atoms with Crippen LogP contribution in [0, 0.1) is 0 Å². The Morgan fingerprint density at radius 3 is 2.60 bits per heavy atom. The molecule has 1 aromatic heterocycles. The van der Waals surface area contributed by atoms with Gasteiger partial charge in [-0.3, -0.25) is 14.6 Å². The second kappa shape index (κ2) is 7.83. The summed E-state index contributed by atoms with van der Waals surface area (Å²) in [5.74, 6) is -0.677. The second-order valence-electron chi connectivity index (χ2n) is 6.50. The average Bonchev–Trinajstić information content (AvgIpc) is 2.87. The van der Waals surface area contributed by atoms with Crippen molar-refractivity contribution in [2.45, 2.75) is 22.5 Å². The van der Waals surface area contributed by atoms with Crippen molar-refractivity contribution < 1.29 is 22.8 Å². The van der Waals surface area contributed by atoms with Crippen LogP contribution in [0.5, 0.6) is 0 Å². The van der Waals surface area contributed by atoms with Crippen molar-refractivity contribution in [3.63, 3.8) is 0 Å². The maximum Gasteiger partial charge on any atom is 0.433 e. The number of halogens is 3. The van der Waals surface area contributed by atoms with E-state index >= 15 is 0 Å². The number of nitrogens with zero attached hydrogens (tertiary/aromatic N) is 1. The predicted molar refractivity (Wildman–Crippen MR) is 105 cm³/mol. The largest absolute Gasteiger partial charge is 0.433 e. The van der Waals surface area contributed by atoms with Gasteiger partial charge >= 0.3 is 6.18 Å². The third kappa shape index (κ3) is 4.16. The zero-order valence-corrected chi connectivity index (χ0v) is 16.1. The van der Waals surface area contributed by atoms with E-state index < -0.39 is 17.8 Å². The summed E-state index contributed by atoms with van der Waals surface area (Å²) in [5, 5.41) is 5.46. The Morgan fingerprint density at radius 2 is 1.87 bits per heavy atom. The summed E-state index contributed by atoms with van der Waals surface area (Å²) in [5.41, 5.74) is 0.841. The highest BCUT2D eigenvalue weighted by atomic mass is 32.2. The summed E-state index contributed by atoms with van der Waals surface area (Å²) in [6.45, 7) is 0.0214. The number of fused-ring (bicyclic) bond motifs is 2. The average molecular weight is 429 g/mol. The molecule has 1 aliphatic rings. The lowest BCUT2D eigenvalue weighted by atomic mass is 10.1. The molecule has 3 aromatic rings. The van der Waals surface area contributed by atoms with Gasteiger partial charge in [-0.1, -0.05) is 30.0 Å². The van der Waals surface area contributed by atoms with Crippen LogP contribution in [0.15, 0.2) is 70.6 Å². The van der Waals surface area contributed by atoms with Crippen LogP contribution in [0.3, 0.4) is 0 Å². The Kier molecular flexibility index (Phi) is 5.21. The van der Waals surface area contributed by atoms with Crippen LogP contribution in [0.4, 0.5) is 18.9 Å². The molecule has 0 bridgehead atoms. The van der Waals surface area contributed by atoms with E-state index in [1.165, 1.54) is 17.8 Å². The van der Waals surface area contributed by atoms with Crippen LogP contribution in [0.2, 0.25) is 0 Å². The molecule has 1 aliphatic heterocycles. The fourth-order valence-corrected chi connectivity index (χ4v) is 3.90. The molecule has 2 heterocycles. The number of pyridine rings is 1. The topological polar surface area (TPSA) is 71.1 Å². The molecule has 30 heavy (non-hydrogen) atoms. The quantitative estimate of drug-likeness (QED) is 0.631. The van der Waals surface area contributed by atoms with E-state index in [2.05, 4.69) is 15.6 Å². The minimum atomic E-state index is -4.51. The summed E-state index contributed by atoms with van der Waals surface area (Å²) < 4.78 is 37.7. The monoisotopic (exact) mass is 429 g/mol. The van der Waals surface area contributed by atoms with Gasteiger partial charge in [0.1, 0.15) is 5.69 Å². The number of carbonyl (C=O) groups excluding carboxylic acids is 2. The number of hydrogen-bond donors (Lipinski definition) is 2. The summed E-state index contributed by atoms with van der Waals surface area (Å²) in [4.78, 5) is 29.9. The normalized spacial score (nSPS) is 13.0. The van der Waals surface area contributed by atoms with Gasteiger partial charge in [-0.05, 0) is 42.0 Å². The number of rotatable bonds is 3. The fraction of sp³-hybridized carbons (Fsp3) is 0.0952. The minimum absolute atomic E-state index is 0.0214. The van der Waals surface area contributed by atoms with Gasteiger partial charge in [0.05, 0.1) is 11.3 Å². The smallest absolute Gasteiger partial charge is 0.348 e. The van der Waals surface area contributed by atoms with Crippen molar-refractivity contribution in [1.82, 2.24) is 10.3 Å². The lowest BCUT2D eigenvalue weighted by Gasteiger charge is -2.10. The molecule has 0 spiro atoms. The molecule has 0 saturated carbocycles. The molecule has 0 aliphatic carbocycles. The highest BCUT2D eigenvalue weighted by molar-refractivity contribution is 7.99. The number of benzene rings is 2. The van der Waals surface area contributed by atoms with Gasteiger partial charge in [-0.2, -0.15) is 13.2 Å². The maximum absolute atomic E-state index is 12.6. The van der Waals surface area contributed by atoms with Crippen molar-refractivity contribution in [3.05, 3.63) is 83.2 Å². The van der Waals surface area contributed by atoms with Crippen molar-refractivity contribution >= 4 is 29.3 Å². The van der Waals surface area contributed by atoms with E-state index in [0.717, 1.165) is 22.1 Å². The van der Waals surface area contributed by atoms with E-state index in [1.807, 2.05) is 12.1 Å². The molecular formula is C21H14F3N3O2S. The second-order valence-corrected chi connectivity index (χ2v) is 7.58. The molecule has 0 atom stereocenters. The molecule has 0 saturated heterocycles. The van der Waals surface area contributed by atoms with E-state index in [9.17, 15) is 22.8 Å². The minimum Gasteiger partial charge on any atom is -0.348 e. The van der Waals surface area contributed by atoms with Crippen molar-refractivity contribution in [2.75, 3.05) is 5.32 Å². The standard InChI is InChI=1S/C21H14F3N3O2S/c22-21(23,24)18-8-5-12(10-25-18)11-26-19(28)13-6-7-17-15(9-13)27-20(29)14-3-1-2-4-16(14)30-17/h1-10H,11H2,(H,26,28)(H,27,29). The van der Waals surface area contributed by atoms with Crippen LogP contribution in [-0.4, -0.2) is 16.8 Å². The Labute approximate surface area is 173 Å². The summed E-state index contributed by atoms with van der Waals surface area (Å²) in [7, 11) is 0. The van der Waals surface area contributed by atoms with Crippen LogP contribution >= 0.6 is 11.8 Å². The highest BCUT2D eigenvalue weighted by Crippen LogP contribution is 2.39. The number of hydrogen-bond acceptors (Lipinski definition) is 4. The Bertz CT molecular complexity index is 1130. The van der Waals surface area contributed by atoms with Crippen molar-refractivity contribution in [1.29, 1.82) is 0 Å². The summed E-state index contributed by atoms with van der Waals surface area (Å²) in [6, 6.07) is 14.3. The fourth-order valence-electron chi connectivity index (χ4n) is 2.89. The van der Waals surface area contributed by atoms with Crippen LogP contribution in [-0.2, 0) is 12.7 Å². The third-order valence-electron chi connectivity index (χ3n) is 4.41. The number of anilines is 1. The van der Waals surface area contributed by atoms with Gasteiger partial charge in [0.25, 0.3) is 11.8 Å². The molecule has 2 N–H and O–H groups in total. The molecule has 9 heteroatoms. The number of nitrogens with one attached hydrogen (secondary N) is 2. The molecule has 4 rings (SSSR count). The van der Waals surface area contributed by atoms with Gasteiger partial charge in [-0.25, -0.2) is 0 Å². The van der Waals surface area contributed by atoms with Gasteiger partial charge in [0.15, 0.2) is 0 Å². The van der Waals surface area contributed by atoms with Crippen molar-refractivity contribution in [2.24, 2.45) is 0 Å². The first-order valence-electron chi connectivity index (χ1n) is 8.84. The third-order valence-corrected chi connectivity index (χ3v) is 5.56. The lowest BCUT2D eigenvalue weighted by molar-refractivity contribution is -0.141. The molecule has 0 fully saturated rings. The number of carbonyl (C=O) groups is 2. The molecule has 0 radical (unpaired) electrons. The highest BCUT2D eigenvalue weighted by Gasteiger charge is 2.32. The number of amides is 2. The zero-order chi connectivity index (χ0) is 21.3. The van der Waals surface area contributed by atoms with Crippen molar-refractivity contribution in [3.8, 4) is 0 Å².